The number of hydrogen-bond donors (Lipinski definition) is 8. The van der Waals surface area contributed by atoms with Gasteiger partial charge in [0.1, 0.15) is 4.20 Å². The SMILES string of the molecule is O=S1(=O)C(=S)C(CO)C(NC(O)(O)C(O)(O)O)CC1O. The molecule has 1 saturated heterocycles. The fraction of sp³-hybridized carbons (Fsp3) is 0.875. The van der Waals surface area contributed by atoms with Crippen LogP contribution in [0.4, 0.5) is 0 Å². The van der Waals surface area contributed by atoms with E-state index >= 15 is 0 Å². The molecule has 0 aromatic rings. The summed E-state index contributed by atoms with van der Waals surface area (Å²) in [4.78, 5) is 0. The predicted octanol–water partition coefficient (Wildman–Crippen LogP) is -4.71. The summed E-state index contributed by atoms with van der Waals surface area (Å²) in [6.07, 6.45) is -0.618. The Morgan fingerprint density at radius 1 is 1.25 bits per heavy atom. The second kappa shape index (κ2) is 5.49. The molecule has 0 amide bonds. The molecule has 1 aliphatic heterocycles. The van der Waals surface area contributed by atoms with Crippen molar-refractivity contribution in [2.24, 2.45) is 5.92 Å². The third-order valence-corrected chi connectivity index (χ3v) is 5.71. The van der Waals surface area contributed by atoms with Gasteiger partial charge in [-0.2, -0.15) is 0 Å². The van der Waals surface area contributed by atoms with Crippen molar-refractivity contribution in [3.8, 4) is 0 Å². The summed E-state index contributed by atoms with van der Waals surface area (Å²) in [6, 6.07) is -1.34. The minimum atomic E-state index is -4.19. The minimum Gasteiger partial charge on any atom is -0.396 e. The van der Waals surface area contributed by atoms with Crippen LogP contribution in [0.1, 0.15) is 6.42 Å². The highest BCUT2D eigenvalue weighted by Gasteiger charge is 2.52. The Kier molecular flexibility index (Phi) is 4.88. The van der Waals surface area contributed by atoms with Gasteiger partial charge in [0.05, 0.1) is 6.61 Å². The molecule has 1 fully saturated rings. The molecular formula is C8H15NO9S2. The lowest BCUT2D eigenvalue weighted by Gasteiger charge is -2.39. The van der Waals surface area contributed by atoms with E-state index < -0.39 is 56.3 Å². The molecule has 0 saturated carbocycles. The van der Waals surface area contributed by atoms with Gasteiger partial charge in [-0.3, -0.25) is 5.32 Å². The van der Waals surface area contributed by atoms with Crippen LogP contribution in [0.15, 0.2) is 0 Å². The van der Waals surface area contributed by atoms with Crippen molar-refractivity contribution in [2.45, 2.75) is 29.8 Å². The molecule has 0 radical (unpaired) electrons. The van der Waals surface area contributed by atoms with Crippen molar-refractivity contribution in [3.05, 3.63) is 0 Å². The Morgan fingerprint density at radius 2 is 1.75 bits per heavy atom. The molecular weight excluding hydrogens is 318 g/mol. The number of thiocarbonyl (C=S) groups is 1. The molecule has 1 rings (SSSR count). The topological polar surface area (TPSA) is 188 Å². The third-order valence-electron chi connectivity index (χ3n) is 2.93. The lowest BCUT2D eigenvalue weighted by atomic mass is 9.98. The summed E-state index contributed by atoms with van der Waals surface area (Å²) in [5, 5.41) is 65.0. The molecule has 0 aromatic carbocycles. The molecule has 3 unspecified atom stereocenters. The maximum atomic E-state index is 11.6. The number of sulfone groups is 1. The Hall–Kier alpha value is -0.280. The first-order valence-electron chi connectivity index (χ1n) is 5.31. The van der Waals surface area contributed by atoms with E-state index in [1.54, 1.807) is 5.32 Å². The van der Waals surface area contributed by atoms with Crippen LogP contribution in [0, 0.1) is 5.92 Å². The third kappa shape index (κ3) is 3.14. The van der Waals surface area contributed by atoms with E-state index in [0.717, 1.165) is 0 Å². The van der Waals surface area contributed by atoms with Crippen LogP contribution in [0.2, 0.25) is 0 Å². The first-order valence-corrected chi connectivity index (χ1v) is 7.26. The normalized spacial score (nSPS) is 31.4. The van der Waals surface area contributed by atoms with E-state index in [2.05, 4.69) is 12.2 Å². The fourth-order valence-electron chi connectivity index (χ4n) is 1.73. The molecule has 3 atom stereocenters. The number of nitrogens with one attached hydrogen (secondary N) is 1. The largest absolute Gasteiger partial charge is 0.396 e. The standard InChI is InChI=1S/C8H15NO9S2/c10-2-3-4(9-7(12,13)8(14,15)16)1-5(11)20(17,18)6(3)19/h3-5,9-16H,1-2H2. The molecule has 12 heteroatoms. The summed E-state index contributed by atoms with van der Waals surface area (Å²) in [6.45, 7) is -0.812. The van der Waals surface area contributed by atoms with E-state index in [0.29, 0.717) is 0 Å². The van der Waals surface area contributed by atoms with Crippen LogP contribution < -0.4 is 5.32 Å². The van der Waals surface area contributed by atoms with Gasteiger partial charge in [-0.25, -0.2) is 8.42 Å². The maximum Gasteiger partial charge on any atom is 0.348 e. The van der Waals surface area contributed by atoms with Crippen molar-refractivity contribution < 1.29 is 44.2 Å². The average molecular weight is 333 g/mol. The minimum absolute atomic E-state index is 0.618. The monoisotopic (exact) mass is 333 g/mol. The highest BCUT2D eigenvalue weighted by Crippen LogP contribution is 2.28. The molecule has 1 heterocycles. The number of aliphatic hydroxyl groups is 7. The molecule has 118 valence electrons. The summed E-state index contributed by atoms with van der Waals surface area (Å²) >= 11 is 4.60. The molecule has 8 N–H and O–H groups in total. The number of rotatable bonds is 4. The van der Waals surface area contributed by atoms with Gasteiger partial charge in [-0.05, 0) is 0 Å². The van der Waals surface area contributed by atoms with Crippen molar-refractivity contribution in [3.63, 3.8) is 0 Å². The van der Waals surface area contributed by atoms with Gasteiger partial charge in [-0.1, -0.05) is 12.2 Å². The van der Waals surface area contributed by atoms with Gasteiger partial charge in [0.2, 0.25) is 9.84 Å². The summed E-state index contributed by atoms with van der Waals surface area (Å²) in [7, 11) is -4.19. The lowest BCUT2D eigenvalue weighted by molar-refractivity contribution is -0.457. The number of hydrogen-bond acceptors (Lipinski definition) is 11. The van der Waals surface area contributed by atoms with Crippen LogP contribution in [-0.4, -0.2) is 78.3 Å². The summed E-state index contributed by atoms with van der Waals surface area (Å²) in [5.74, 6) is -8.92. The first kappa shape index (κ1) is 17.8. The van der Waals surface area contributed by atoms with Gasteiger partial charge in [0.15, 0.2) is 5.44 Å². The van der Waals surface area contributed by atoms with Crippen molar-refractivity contribution >= 4 is 26.3 Å². The lowest BCUT2D eigenvalue weighted by Crippen LogP contribution is -2.68. The van der Waals surface area contributed by atoms with Crippen LogP contribution in [0.25, 0.3) is 0 Å². The van der Waals surface area contributed by atoms with Crippen LogP contribution in [0.3, 0.4) is 0 Å². The van der Waals surface area contributed by atoms with Gasteiger partial charge in [0, 0.05) is 18.4 Å². The summed E-state index contributed by atoms with van der Waals surface area (Å²) < 4.78 is 22.5. The zero-order valence-electron chi connectivity index (χ0n) is 9.91. The zero-order chi connectivity index (χ0) is 15.9. The average Bonchev–Trinajstić information content (AvgIpc) is 2.25. The summed E-state index contributed by atoms with van der Waals surface area (Å²) in [5.41, 5.74) is -1.96. The highest BCUT2D eigenvalue weighted by atomic mass is 32.2. The molecule has 0 aliphatic carbocycles. The van der Waals surface area contributed by atoms with E-state index in [1.807, 2.05) is 0 Å². The van der Waals surface area contributed by atoms with E-state index in [1.165, 1.54) is 0 Å². The number of aliphatic hydroxyl groups excluding tert-OH is 2. The highest BCUT2D eigenvalue weighted by molar-refractivity contribution is 8.17. The Morgan fingerprint density at radius 3 is 2.15 bits per heavy atom. The van der Waals surface area contributed by atoms with E-state index in [-0.39, 0.29) is 0 Å². The zero-order valence-corrected chi connectivity index (χ0v) is 11.5. The second-order valence-corrected chi connectivity index (χ2v) is 7.17. The van der Waals surface area contributed by atoms with E-state index in [4.69, 9.17) is 20.4 Å². The molecule has 20 heavy (non-hydrogen) atoms. The smallest absolute Gasteiger partial charge is 0.348 e. The molecule has 0 bridgehead atoms. The quantitative estimate of drug-likeness (QED) is 0.182. The molecule has 1 aliphatic rings. The van der Waals surface area contributed by atoms with E-state index in [9.17, 15) is 23.7 Å². The van der Waals surface area contributed by atoms with Gasteiger partial charge < -0.3 is 35.7 Å². The van der Waals surface area contributed by atoms with Crippen LogP contribution >= 0.6 is 12.2 Å². The Balaban J connectivity index is 3.05. The van der Waals surface area contributed by atoms with Crippen LogP contribution in [-0.2, 0) is 9.84 Å². The second-order valence-electron chi connectivity index (χ2n) is 4.40. The molecule has 0 spiro atoms. The molecule has 0 aromatic heterocycles. The Labute approximate surface area is 118 Å². The van der Waals surface area contributed by atoms with Crippen molar-refractivity contribution in [1.29, 1.82) is 0 Å². The predicted molar refractivity (Wildman–Crippen MR) is 66.2 cm³/mol. The fourth-order valence-corrected chi connectivity index (χ4v) is 3.70. The Bertz CT molecular complexity index is 483. The van der Waals surface area contributed by atoms with Crippen molar-refractivity contribution in [2.75, 3.05) is 6.61 Å². The van der Waals surface area contributed by atoms with Gasteiger partial charge >= 0.3 is 11.9 Å². The van der Waals surface area contributed by atoms with Crippen molar-refractivity contribution in [1.82, 2.24) is 5.32 Å². The van der Waals surface area contributed by atoms with Gasteiger partial charge in [0.25, 0.3) is 0 Å². The molecule has 10 nitrogen and oxygen atoms in total. The first-order chi connectivity index (χ1) is 8.84. The van der Waals surface area contributed by atoms with Gasteiger partial charge in [-0.15, -0.1) is 0 Å². The maximum absolute atomic E-state index is 11.6. The van der Waals surface area contributed by atoms with Crippen LogP contribution in [0.5, 0.6) is 0 Å².